The van der Waals surface area contributed by atoms with Gasteiger partial charge in [0, 0.05) is 61.7 Å². The molecule has 73 heavy (non-hydrogen) atoms. The minimum atomic E-state index is -3.85. The molecular formula is C51H60ClN7O12S2. The van der Waals surface area contributed by atoms with Crippen LogP contribution < -0.4 is 31.3 Å². The molecule has 3 amide bonds. The van der Waals surface area contributed by atoms with Gasteiger partial charge in [-0.1, -0.05) is 35.9 Å². The Morgan fingerprint density at radius 1 is 0.945 bits per heavy atom. The number of hydrogen-bond donors (Lipinski definition) is 5. The van der Waals surface area contributed by atoms with E-state index < -0.39 is 63.2 Å². The number of thiophene rings is 1. The van der Waals surface area contributed by atoms with E-state index in [1.807, 2.05) is 38.1 Å². The van der Waals surface area contributed by atoms with E-state index in [9.17, 15) is 47.4 Å². The van der Waals surface area contributed by atoms with Gasteiger partial charge in [-0.05, 0) is 120 Å². The fourth-order valence-corrected chi connectivity index (χ4v) is 13.4. The maximum Gasteiger partial charge on any atom is 0.349 e. The first-order valence-electron chi connectivity index (χ1n) is 24.0. The Bertz CT molecular complexity index is 3170. The smallest absolute Gasteiger partial charge is 0.349 e. The minimum absolute atomic E-state index is 0.0507. The molecule has 2 atom stereocenters. The van der Waals surface area contributed by atoms with Crippen molar-refractivity contribution < 1.29 is 52.1 Å². The molecule has 3 aliphatic heterocycles. The van der Waals surface area contributed by atoms with Gasteiger partial charge in [-0.3, -0.25) is 28.8 Å². The molecule has 2 aromatic heterocycles. The van der Waals surface area contributed by atoms with Crippen molar-refractivity contribution in [1.82, 2.24) is 18.8 Å². The number of piperidine rings is 3. The van der Waals surface area contributed by atoms with E-state index in [1.165, 1.54) is 13.4 Å². The number of carbonyl (C=O) groups excluding carboxylic acids is 4. The SMILES string of the molecule is Cn1c(=O)n(C2CCC(=O)NC2=O)c2ccc(N3CCC(O)(CC(=O)Nc4cccc(CS(=O)(=O)N5CC[C@@H](Nc6cccc(-c7sc(C(=O)O)c(OCC(=O)OC(C)(C)C)c7Cl)c6)CC5(C)C)c4)CC3)cc21. The molecule has 3 aliphatic rings. The molecule has 0 radical (unpaired) electrons. The molecule has 390 valence electrons. The van der Waals surface area contributed by atoms with E-state index in [4.69, 9.17) is 21.1 Å². The number of carboxylic acids is 1. The maximum absolute atomic E-state index is 14.1. The van der Waals surface area contributed by atoms with Crippen LogP contribution in [0.15, 0.2) is 71.5 Å². The number of esters is 1. The lowest BCUT2D eigenvalue weighted by molar-refractivity contribution is -0.157. The highest BCUT2D eigenvalue weighted by molar-refractivity contribution is 7.88. The third-order valence-electron chi connectivity index (χ3n) is 13.4. The number of anilines is 3. The number of sulfonamides is 1. The van der Waals surface area contributed by atoms with Crippen LogP contribution in [-0.4, -0.2) is 111 Å². The molecule has 3 fully saturated rings. The van der Waals surface area contributed by atoms with Crippen LogP contribution in [0.4, 0.5) is 17.1 Å². The summed E-state index contributed by atoms with van der Waals surface area (Å²) in [5.74, 6) is -3.64. The van der Waals surface area contributed by atoms with Crippen LogP contribution in [0, 0.1) is 0 Å². The second-order valence-electron chi connectivity index (χ2n) is 20.6. The van der Waals surface area contributed by atoms with Gasteiger partial charge in [0.05, 0.1) is 33.7 Å². The fourth-order valence-electron chi connectivity index (χ4n) is 10.0. The first-order chi connectivity index (χ1) is 34.3. The number of ether oxygens (including phenoxy) is 2. The summed E-state index contributed by atoms with van der Waals surface area (Å²) in [4.78, 5) is 77.9. The summed E-state index contributed by atoms with van der Waals surface area (Å²) in [6, 6.07) is 18.5. The monoisotopic (exact) mass is 1060 g/mol. The van der Waals surface area contributed by atoms with Gasteiger partial charge in [0.25, 0.3) is 0 Å². The summed E-state index contributed by atoms with van der Waals surface area (Å²) < 4.78 is 43.5. The Morgan fingerprint density at radius 2 is 1.66 bits per heavy atom. The third-order valence-corrected chi connectivity index (χ3v) is 17.1. The van der Waals surface area contributed by atoms with Crippen molar-refractivity contribution in [2.75, 3.05) is 41.8 Å². The molecule has 19 nitrogen and oxygen atoms in total. The number of imide groups is 1. The molecule has 5 N–H and O–H groups in total. The molecule has 3 saturated heterocycles. The Morgan fingerprint density at radius 3 is 2.34 bits per heavy atom. The average Bonchev–Trinajstić information content (AvgIpc) is 3.76. The number of aromatic carboxylic acids is 1. The number of imidazole rings is 1. The summed E-state index contributed by atoms with van der Waals surface area (Å²) in [7, 11) is -2.22. The summed E-state index contributed by atoms with van der Waals surface area (Å²) >= 11 is 7.61. The number of nitrogens with one attached hydrogen (secondary N) is 3. The number of benzene rings is 3. The number of carbonyl (C=O) groups is 5. The first kappa shape index (κ1) is 53.0. The molecule has 0 bridgehead atoms. The topological polar surface area (TPSA) is 248 Å². The standard InChI is InChI=1S/C51H60ClN7O12S2/c1-49(2,3)71-41(62)28-70-43-42(52)44(72-45(43)47(64)65)31-10-8-12-33(24-31)53-34-17-20-58(50(4,5)26-34)73(68,69)29-30-9-7-11-32(23-30)54-40(61)27-51(67)18-21-57(22-19-51)35-13-14-36-38(25-35)56(6)48(66)59(36)37-15-16-39(60)55-46(37)63/h7-14,23-25,34,37,53,67H,15-22,26-29H2,1-6H3,(H,54,61)(H,64,65)(H,55,60,63)/t34-,37?/m1/s1. The quantitative estimate of drug-likeness (QED) is 0.0544. The van der Waals surface area contributed by atoms with Crippen LogP contribution in [0.2, 0.25) is 5.02 Å². The molecule has 0 aliphatic carbocycles. The lowest BCUT2D eigenvalue weighted by Crippen LogP contribution is -2.55. The van der Waals surface area contributed by atoms with Crippen molar-refractivity contribution >= 4 is 90.7 Å². The molecule has 5 heterocycles. The minimum Gasteiger partial charge on any atom is -0.479 e. The van der Waals surface area contributed by atoms with Gasteiger partial charge < -0.3 is 35.2 Å². The van der Waals surface area contributed by atoms with E-state index >= 15 is 0 Å². The Kier molecular flexibility index (Phi) is 14.9. The lowest BCUT2D eigenvalue weighted by atomic mass is 9.87. The summed E-state index contributed by atoms with van der Waals surface area (Å²) in [5, 5.41) is 30.2. The molecule has 22 heteroatoms. The average molecular weight is 1060 g/mol. The number of hydrogen-bond acceptors (Lipinski definition) is 14. The number of nitrogens with zero attached hydrogens (tertiary/aromatic N) is 4. The van der Waals surface area contributed by atoms with Gasteiger partial charge in [0.15, 0.2) is 17.2 Å². The van der Waals surface area contributed by atoms with Gasteiger partial charge in [-0.2, -0.15) is 4.31 Å². The number of aromatic nitrogens is 2. The Hall–Kier alpha value is -6.26. The molecule has 5 aromatic rings. The molecule has 0 saturated carbocycles. The Balaban J connectivity index is 0.845. The van der Waals surface area contributed by atoms with Crippen molar-refractivity contribution in [2.24, 2.45) is 7.05 Å². The zero-order chi connectivity index (χ0) is 52.8. The fraction of sp³-hybridized carbons (Fsp3) is 0.451. The van der Waals surface area contributed by atoms with E-state index in [1.54, 1.807) is 70.3 Å². The molecule has 8 rings (SSSR count). The van der Waals surface area contributed by atoms with Crippen molar-refractivity contribution in [2.45, 2.75) is 114 Å². The number of halogens is 1. The van der Waals surface area contributed by atoms with Gasteiger partial charge >= 0.3 is 17.6 Å². The number of aryl methyl sites for hydroxylation is 1. The van der Waals surface area contributed by atoms with E-state index in [2.05, 4.69) is 20.9 Å². The zero-order valence-corrected chi connectivity index (χ0v) is 43.8. The van der Waals surface area contributed by atoms with Gasteiger partial charge in [0.2, 0.25) is 27.7 Å². The van der Waals surface area contributed by atoms with Crippen LogP contribution in [0.3, 0.4) is 0 Å². The van der Waals surface area contributed by atoms with Gasteiger partial charge in [-0.25, -0.2) is 22.8 Å². The van der Waals surface area contributed by atoms with Crippen molar-refractivity contribution in [3.63, 3.8) is 0 Å². The van der Waals surface area contributed by atoms with Gasteiger partial charge in [0.1, 0.15) is 16.7 Å². The molecular weight excluding hydrogens is 1000 g/mol. The largest absolute Gasteiger partial charge is 0.479 e. The zero-order valence-electron chi connectivity index (χ0n) is 41.5. The van der Waals surface area contributed by atoms with Crippen molar-refractivity contribution in [3.8, 4) is 16.2 Å². The second-order valence-corrected chi connectivity index (χ2v) is 23.9. The number of carboxylic acid groups (broad SMARTS) is 1. The van der Waals surface area contributed by atoms with Crippen molar-refractivity contribution in [1.29, 1.82) is 0 Å². The number of amides is 3. The maximum atomic E-state index is 14.1. The number of aliphatic hydroxyl groups is 1. The second kappa shape index (κ2) is 20.6. The predicted molar refractivity (Wildman–Crippen MR) is 278 cm³/mol. The van der Waals surface area contributed by atoms with E-state index in [0.29, 0.717) is 64.3 Å². The first-order valence-corrected chi connectivity index (χ1v) is 26.8. The number of fused-ring (bicyclic) bond motifs is 1. The Labute approximate surface area is 431 Å². The summed E-state index contributed by atoms with van der Waals surface area (Å²) in [6.45, 7) is 9.46. The summed E-state index contributed by atoms with van der Waals surface area (Å²) in [5.41, 5.74) is 1.02. The van der Waals surface area contributed by atoms with Crippen LogP contribution in [0.25, 0.3) is 21.5 Å². The molecule has 0 spiro atoms. The lowest BCUT2D eigenvalue weighted by Gasteiger charge is -2.45. The molecule has 3 aromatic carbocycles. The van der Waals surface area contributed by atoms with E-state index in [-0.39, 0.29) is 77.7 Å². The highest BCUT2D eigenvalue weighted by Gasteiger charge is 2.42. The van der Waals surface area contributed by atoms with Crippen LogP contribution in [0.5, 0.6) is 5.75 Å². The highest BCUT2D eigenvalue weighted by Crippen LogP contribution is 2.46. The predicted octanol–water partition coefficient (Wildman–Crippen LogP) is 6.66. The molecule has 1 unspecified atom stereocenters. The van der Waals surface area contributed by atoms with Gasteiger partial charge in [-0.15, -0.1) is 11.3 Å². The normalized spacial score (nSPS) is 19.3. The third kappa shape index (κ3) is 11.9. The van der Waals surface area contributed by atoms with Crippen LogP contribution >= 0.6 is 22.9 Å². The summed E-state index contributed by atoms with van der Waals surface area (Å²) in [6.07, 6.45) is 1.74. The highest BCUT2D eigenvalue weighted by atomic mass is 35.5. The van der Waals surface area contributed by atoms with Crippen LogP contribution in [-0.2, 0) is 46.7 Å². The number of rotatable bonds is 15. The van der Waals surface area contributed by atoms with E-state index in [0.717, 1.165) is 17.0 Å². The van der Waals surface area contributed by atoms with Crippen molar-refractivity contribution in [3.05, 3.63) is 92.7 Å². The van der Waals surface area contributed by atoms with Crippen LogP contribution in [0.1, 0.15) is 101 Å².